The Kier molecular flexibility index (Phi) is 5.15. The number of nitro benzene ring substituents is 1. The maximum atomic E-state index is 13.1. The second-order valence-electron chi connectivity index (χ2n) is 7.22. The largest absolute Gasteiger partial charge is 0.507 e. The van der Waals surface area contributed by atoms with Crippen molar-refractivity contribution >= 4 is 28.8 Å². The number of pyridine rings is 1. The molecular formula is C23H17N3O6. The zero-order valence-corrected chi connectivity index (χ0v) is 16.8. The second kappa shape index (κ2) is 7.95. The molecule has 1 aromatic heterocycles. The van der Waals surface area contributed by atoms with Gasteiger partial charge in [0.25, 0.3) is 17.4 Å². The zero-order valence-electron chi connectivity index (χ0n) is 16.8. The lowest BCUT2D eigenvalue weighted by atomic mass is 9.98. The van der Waals surface area contributed by atoms with E-state index in [-0.39, 0.29) is 34.0 Å². The van der Waals surface area contributed by atoms with Gasteiger partial charge in [0.05, 0.1) is 21.9 Å². The number of nitro groups is 1. The number of phenolic OH excluding ortho intramolecular Hbond substituents is 1. The van der Waals surface area contributed by atoms with Gasteiger partial charge >= 0.3 is 0 Å². The van der Waals surface area contributed by atoms with Crippen LogP contribution < -0.4 is 4.90 Å². The lowest BCUT2D eigenvalue weighted by Crippen LogP contribution is -2.30. The summed E-state index contributed by atoms with van der Waals surface area (Å²) >= 11 is 0. The minimum absolute atomic E-state index is 0.00611. The molecule has 0 radical (unpaired) electrons. The minimum atomic E-state index is -1.15. The molecule has 2 N–H and O–H groups in total. The summed E-state index contributed by atoms with van der Waals surface area (Å²) in [5.74, 6) is -2.76. The number of anilines is 1. The lowest BCUT2D eigenvalue weighted by molar-refractivity contribution is -0.384. The molecule has 1 fully saturated rings. The maximum Gasteiger partial charge on any atom is 0.300 e. The number of aliphatic hydroxyl groups is 1. The molecule has 1 amide bonds. The molecule has 4 rings (SSSR count). The summed E-state index contributed by atoms with van der Waals surface area (Å²) in [7, 11) is 0. The highest BCUT2D eigenvalue weighted by Crippen LogP contribution is 2.44. The SMILES string of the molecule is Cc1ccc(O)c(N2C(=O)C(=O)/C(=C(\O)c3cccc([N+](=O)[O-])c3)C2c2ccccn2)c1. The summed E-state index contributed by atoms with van der Waals surface area (Å²) in [5, 5.41) is 32.6. The molecule has 2 heterocycles. The number of carbonyl (C=O) groups is 2. The van der Waals surface area contributed by atoms with Crippen LogP contribution in [0.3, 0.4) is 0 Å². The molecule has 1 unspecified atom stereocenters. The van der Waals surface area contributed by atoms with Gasteiger partial charge in [0.2, 0.25) is 0 Å². The first-order valence-electron chi connectivity index (χ1n) is 9.56. The van der Waals surface area contributed by atoms with Gasteiger partial charge in [-0.1, -0.05) is 24.3 Å². The van der Waals surface area contributed by atoms with Crippen molar-refractivity contribution in [3.8, 4) is 5.75 Å². The molecule has 0 aliphatic carbocycles. The van der Waals surface area contributed by atoms with Crippen LogP contribution in [0.25, 0.3) is 5.76 Å². The van der Waals surface area contributed by atoms with E-state index in [4.69, 9.17) is 0 Å². The Labute approximate surface area is 182 Å². The lowest BCUT2D eigenvalue weighted by Gasteiger charge is -2.25. The number of amides is 1. The van der Waals surface area contributed by atoms with Crippen LogP contribution in [0.5, 0.6) is 5.75 Å². The summed E-state index contributed by atoms with van der Waals surface area (Å²) in [6, 6.07) is 13.5. The maximum absolute atomic E-state index is 13.1. The van der Waals surface area contributed by atoms with E-state index in [1.165, 1.54) is 30.5 Å². The van der Waals surface area contributed by atoms with E-state index >= 15 is 0 Å². The molecule has 0 bridgehead atoms. The average Bonchev–Trinajstić information content (AvgIpc) is 3.06. The number of aromatic nitrogens is 1. The van der Waals surface area contributed by atoms with Crippen molar-refractivity contribution < 1.29 is 24.7 Å². The molecule has 0 spiro atoms. The van der Waals surface area contributed by atoms with Crippen molar-refractivity contribution in [1.29, 1.82) is 0 Å². The van der Waals surface area contributed by atoms with Crippen LogP contribution in [-0.2, 0) is 9.59 Å². The number of aryl methyl sites for hydroxylation is 1. The van der Waals surface area contributed by atoms with Gasteiger partial charge in [0, 0.05) is 23.9 Å². The molecule has 9 nitrogen and oxygen atoms in total. The highest BCUT2D eigenvalue weighted by Gasteiger charge is 2.48. The molecule has 1 aliphatic rings. The molecule has 0 saturated carbocycles. The molecule has 32 heavy (non-hydrogen) atoms. The van der Waals surface area contributed by atoms with E-state index in [0.717, 1.165) is 16.5 Å². The number of nitrogens with zero attached hydrogens (tertiary/aromatic N) is 3. The molecule has 160 valence electrons. The van der Waals surface area contributed by atoms with Gasteiger partial charge in [-0.25, -0.2) is 0 Å². The van der Waals surface area contributed by atoms with Crippen LogP contribution in [0.2, 0.25) is 0 Å². The fraction of sp³-hybridized carbons (Fsp3) is 0.0870. The fourth-order valence-electron chi connectivity index (χ4n) is 3.65. The summed E-state index contributed by atoms with van der Waals surface area (Å²) in [6.45, 7) is 1.76. The Hall–Kier alpha value is -4.53. The number of Topliss-reactive ketones (excluding diaryl/α,β-unsaturated/α-hetero) is 1. The van der Waals surface area contributed by atoms with E-state index in [9.17, 15) is 29.9 Å². The van der Waals surface area contributed by atoms with Gasteiger partial charge in [0.15, 0.2) is 0 Å². The van der Waals surface area contributed by atoms with Crippen LogP contribution in [0.1, 0.15) is 22.9 Å². The fourth-order valence-corrected chi connectivity index (χ4v) is 3.65. The molecule has 2 aromatic carbocycles. The van der Waals surface area contributed by atoms with Crippen molar-refractivity contribution in [2.24, 2.45) is 0 Å². The number of rotatable bonds is 4. The topological polar surface area (TPSA) is 134 Å². The number of non-ortho nitro benzene ring substituents is 1. The Morgan fingerprint density at radius 3 is 2.56 bits per heavy atom. The van der Waals surface area contributed by atoms with Crippen LogP contribution >= 0.6 is 0 Å². The van der Waals surface area contributed by atoms with Crippen LogP contribution in [0.4, 0.5) is 11.4 Å². The molecule has 1 atom stereocenters. The highest BCUT2D eigenvalue weighted by molar-refractivity contribution is 6.51. The van der Waals surface area contributed by atoms with E-state index < -0.39 is 28.4 Å². The van der Waals surface area contributed by atoms with Crippen molar-refractivity contribution in [2.75, 3.05) is 4.90 Å². The average molecular weight is 431 g/mol. The molecular weight excluding hydrogens is 414 g/mol. The molecule has 3 aromatic rings. The number of aromatic hydroxyl groups is 1. The quantitative estimate of drug-likeness (QED) is 0.212. The smallest absolute Gasteiger partial charge is 0.300 e. The number of carbonyl (C=O) groups excluding carboxylic acids is 2. The van der Waals surface area contributed by atoms with Crippen LogP contribution in [0, 0.1) is 17.0 Å². The number of phenols is 1. The highest BCUT2D eigenvalue weighted by atomic mass is 16.6. The van der Waals surface area contributed by atoms with E-state index in [0.29, 0.717) is 0 Å². The van der Waals surface area contributed by atoms with Crippen molar-refractivity contribution in [3.05, 3.63) is 99.4 Å². The standard InChI is InChI=1S/C23H17N3O6/c1-13-8-9-18(27)17(11-13)25-20(16-7-2-3-10-24-16)19(22(29)23(25)30)21(28)14-5-4-6-15(12-14)26(31)32/h2-12,20,27-28H,1H3/b21-19-. The third-order valence-corrected chi connectivity index (χ3v) is 5.13. The van der Waals surface area contributed by atoms with Crippen LogP contribution in [0.15, 0.2) is 72.4 Å². The van der Waals surface area contributed by atoms with Gasteiger partial charge < -0.3 is 10.2 Å². The minimum Gasteiger partial charge on any atom is -0.507 e. The normalized spacial score (nSPS) is 17.5. The van der Waals surface area contributed by atoms with Gasteiger partial charge in [-0.2, -0.15) is 0 Å². The Morgan fingerprint density at radius 1 is 1.09 bits per heavy atom. The monoisotopic (exact) mass is 431 g/mol. The Morgan fingerprint density at radius 2 is 1.88 bits per heavy atom. The first kappa shape index (κ1) is 20.7. The van der Waals surface area contributed by atoms with Crippen LogP contribution in [-0.4, -0.2) is 31.8 Å². The number of aliphatic hydroxyl groups excluding tert-OH is 1. The summed E-state index contributed by atoms with van der Waals surface area (Å²) in [5.41, 5.74) is 0.536. The van der Waals surface area contributed by atoms with E-state index in [1.807, 2.05) is 0 Å². The molecule has 1 aliphatic heterocycles. The van der Waals surface area contributed by atoms with Gasteiger partial charge in [-0.3, -0.25) is 29.6 Å². The zero-order chi connectivity index (χ0) is 23.0. The first-order chi connectivity index (χ1) is 15.3. The van der Waals surface area contributed by atoms with Crippen molar-refractivity contribution in [2.45, 2.75) is 13.0 Å². The van der Waals surface area contributed by atoms with Gasteiger partial charge in [-0.15, -0.1) is 0 Å². The van der Waals surface area contributed by atoms with E-state index in [1.54, 1.807) is 37.3 Å². The Bertz CT molecular complexity index is 1290. The third kappa shape index (κ3) is 3.45. The summed E-state index contributed by atoms with van der Waals surface area (Å²) in [4.78, 5) is 42.0. The number of benzene rings is 2. The molecule has 9 heteroatoms. The third-order valence-electron chi connectivity index (χ3n) is 5.13. The second-order valence-corrected chi connectivity index (χ2v) is 7.22. The number of hydrogen-bond donors (Lipinski definition) is 2. The van der Waals surface area contributed by atoms with Gasteiger partial charge in [-0.05, 0) is 36.8 Å². The number of hydrogen-bond acceptors (Lipinski definition) is 7. The molecule has 1 saturated heterocycles. The van der Waals surface area contributed by atoms with E-state index in [2.05, 4.69) is 4.98 Å². The first-order valence-corrected chi connectivity index (χ1v) is 9.56. The van der Waals surface area contributed by atoms with Crippen molar-refractivity contribution in [1.82, 2.24) is 4.98 Å². The van der Waals surface area contributed by atoms with Gasteiger partial charge in [0.1, 0.15) is 17.6 Å². The Balaban J connectivity index is 1.97. The summed E-state index contributed by atoms with van der Waals surface area (Å²) < 4.78 is 0. The predicted molar refractivity (Wildman–Crippen MR) is 115 cm³/mol. The van der Waals surface area contributed by atoms with Crippen molar-refractivity contribution in [3.63, 3.8) is 0 Å². The number of ketones is 1. The predicted octanol–water partition coefficient (Wildman–Crippen LogP) is 3.63. The summed E-state index contributed by atoms with van der Waals surface area (Å²) in [6.07, 6.45) is 1.47.